The molecule has 7 nitrogen and oxygen atoms in total. The number of pyridine rings is 1. The zero-order valence-corrected chi connectivity index (χ0v) is 16.1. The van der Waals surface area contributed by atoms with Gasteiger partial charge in [-0.3, -0.25) is 9.67 Å². The third kappa shape index (κ3) is 4.59. The number of aryl methyl sites for hydroxylation is 1. The Labute approximate surface area is 160 Å². The molecule has 1 N–H and O–H groups in total. The highest BCUT2D eigenvalue weighted by molar-refractivity contribution is 5.80. The third-order valence-electron chi connectivity index (χ3n) is 5.31. The summed E-state index contributed by atoms with van der Waals surface area (Å²) in [5, 5.41) is 7.78. The summed E-state index contributed by atoms with van der Waals surface area (Å²) >= 11 is 0. The Morgan fingerprint density at radius 1 is 1.37 bits per heavy atom. The standard InChI is InChI=1S/C20H28N6O/c1-21-20(26-8-6-17(13-26)18-11-24-25(2)12-18)23-10-16-5-7-22-19(9-16)27-14-15-3-4-15/h5,7,9,11-12,15,17H,3-4,6,8,10,13-14H2,1-2H3,(H,21,23). The largest absolute Gasteiger partial charge is 0.477 e. The molecule has 7 heteroatoms. The van der Waals surface area contributed by atoms with E-state index in [0.29, 0.717) is 18.3 Å². The Morgan fingerprint density at radius 3 is 3.00 bits per heavy atom. The molecule has 0 bridgehead atoms. The molecule has 1 aliphatic heterocycles. The van der Waals surface area contributed by atoms with Crippen LogP contribution in [0, 0.1) is 5.92 Å². The monoisotopic (exact) mass is 368 g/mol. The van der Waals surface area contributed by atoms with Gasteiger partial charge in [-0.25, -0.2) is 4.98 Å². The molecule has 1 saturated heterocycles. The van der Waals surface area contributed by atoms with Crippen LogP contribution >= 0.6 is 0 Å². The average molecular weight is 368 g/mol. The van der Waals surface area contributed by atoms with Gasteiger partial charge in [0.15, 0.2) is 5.96 Å². The molecular weight excluding hydrogens is 340 g/mol. The summed E-state index contributed by atoms with van der Waals surface area (Å²) in [6.45, 7) is 3.47. The molecule has 4 rings (SSSR count). The highest BCUT2D eigenvalue weighted by atomic mass is 16.5. The maximum atomic E-state index is 5.78. The molecule has 0 amide bonds. The van der Waals surface area contributed by atoms with Crippen molar-refractivity contribution >= 4 is 5.96 Å². The topological polar surface area (TPSA) is 67.6 Å². The van der Waals surface area contributed by atoms with Crippen LogP contribution in [0.3, 0.4) is 0 Å². The zero-order chi connectivity index (χ0) is 18.6. The van der Waals surface area contributed by atoms with Crippen LogP contribution < -0.4 is 10.1 Å². The van der Waals surface area contributed by atoms with Crippen molar-refractivity contribution in [3.63, 3.8) is 0 Å². The number of hydrogen-bond acceptors (Lipinski definition) is 4. The van der Waals surface area contributed by atoms with E-state index in [2.05, 4.69) is 31.5 Å². The molecule has 2 aromatic rings. The summed E-state index contributed by atoms with van der Waals surface area (Å²) in [5.41, 5.74) is 2.46. The number of hydrogen-bond donors (Lipinski definition) is 1. The van der Waals surface area contributed by atoms with Crippen LogP contribution in [-0.2, 0) is 13.6 Å². The quantitative estimate of drug-likeness (QED) is 0.625. The van der Waals surface area contributed by atoms with E-state index in [1.54, 1.807) is 0 Å². The predicted molar refractivity (Wildman–Crippen MR) is 105 cm³/mol. The van der Waals surface area contributed by atoms with Crippen LogP contribution in [0.2, 0.25) is 0 Å². The van der Waals surface area contributed by atoms with E-state index in [9.17, 15) is 0 Å². The van der Waals surface area contributed by atoms with Gasteiger partial charge < -0.3 is 15.0 Å². The number of aromatic nitrogens is 3. The molecule has 2 aliphatic rings. The van der Waals surface area contributed by atoms with Crippen molar-refractivity contribution in [3.8, 4) is 5.88 Å². The number of aliphatic imine (C=N–C) groups is 1. The van der Waals surface area contributed by atoms with Gasteiger partial charge in [-0.15, -0.1) is 0 Å². The summed E-state index contributed by atoms with van der Waals surface area (Å²) in [6, 6.07) is 4.04. The fourth-order valence-electron chi connectivity index (χ4n) is 3.52. The summed E-state index contributed by atoms with van der Waals surface area (Å²) in [6.07, 6.45) is 9.60. The number of rotatable bonds is 6. The molecule has 27 heavy (non-hydrogen) atoms. The van der Waals surface area contributed by atoms with E-state index < -0.39 is 0 Å². The fraction of sp³-hybridized carbons (Fsp3) is 0.550. The van der Waals surface area contributed by atoms with Crippen LogP contribution in [0.1, 0.15) is 36.3 Å². The Bertz CT molecular complexity index is 797. The lowest BCUT2D eigenvalue weighted by Gasteiger charge is -2.21. The SMILES string of the molecule is CN=C(NCc1ccnc(OCC2CC2)c1)N1CCC(c2cnn(C)c2)C1. The van der Waals surface area contributed by atoms with Crippen molar-refractivity contribution in [2.75, 3.05) is 26.7 Å². The van der Waals surface area contributed by atoms with Gasteiger partial charge >= 0.3 is 0 Å². The Morgan fingerprint density at radius 2 is 2.26 bits per heavy atom. The van der Waals surface area contributed by atoms with Crippen LogP contribution in [0.25, 0.3) is 0 Å². The molecule has 0 spiro atoms. The van der Waals surface area contributed by atoms with Crippen LogP contribution in [-0.4, -0.2) is 52.4 Å². The summed E-state index contributed by atoms with van der Waals surface area (Å²) in [4.78, 5) is 11.1. The molecule has 2 aromatic heterocycles. The fourth-order valence-corrected chi connectivity index (χ4v) is 3.52. The van der Waals surface area contributed by atoms with Gasteiger partial charge in [0.05, 0.1) is 12.8 Å². The van der Waals surface area contributed by atoms with E-state index in [4.69, 9.17) is 4.74 Å². The molecule has 2 fully saturated rings. The molecule has 1 atom stereocenters. The van der Waals surface area contributed by atoms with Crippen molar-refractivity contribution < 1.29 is 4.74 Å². The van der Waals surface area contributed by atoms with Crippen molar-refractivity contribution in [1.29, 1.82) is 0 Å². The van der Waals surface area contributed by atoms with Gasteiger partial charge in [0.2, 0.25) is 5.88 Å². The molecule has 144 valence electrons. The third-order valence-corrected chi connectivity index (χ3v) is 5.31. The van der Waals surface area contributed by atoms with Crippen LogP contribution in [0.5, 0.6) is 5.88 Å². The first kappa shape index (κ1) is 17.8. The van der Waals surface area contributed by atoms with E-state index in [-0.39, 0.29) is 0 Å². The molecule has 3 heterocycles. The number of likely N-dealkylation sites (tertiary alicyclic amines) is 1. The molecule has 1 unspecified atom stereocenters. The van der Waals surface area contributed by atoms with E-state index >= 15 is 0 Å². The summed E-state index contributed by atoms with van der Waals surface area (Å²) in [7, 11) is 3.81. The first-order valence-corrected chi connectivity index (χ1v) is 9.73. The highest BCUT2D eigenvalue weighted by Crippen LogP contribution is 2.29. The number of guanidine groups is 1. The summed E-state index contributed by atoms with van der Waals surface area (Å²) < 4.78 is 7.65. The second kappa shape index (κ2) is 7.98. The van der Waals surface area contributed by atoms with Gasteiger partial charge in [-0.05, 0) is 42.4 Å². The van der Waals surface area contributed by atoms with Crippen molar-refractivity contribution in [2.45, 2.75) is 31.7 Å². The smallest absolute Gasteiger partial charge is 0.213 e. The minimum Gasteiger partial charge on any atom is -0.477 e. The zero-order valence-electron chi connectivity index (χ0n) is 16.1. The lowest BCUT2D eigenvalue weighted by atomic mass is 10.0. The maximum Gasteiger partial charge on any atom is 0.213 e. The minimum absolute atomic E-state index is 0.514. The molecular formula is C20H28N6O. The Balaban J connectivity index is 1.31. The van der Waals surface area contributed by atoms with Crippen LogP contribution in [0.4, 0.5) is 0 Å². The predicted octanol–water partition coefficient (Wildman–Crippen LogP) is 2.17. The Kier molecular flexibility index (Phi) is 5.27. The van der Waals surface area contributed by atoms with E-state index in [1.807, 2.05) is 43.3 Å². The van der Waals surface area contributed by atoms with E-state index in [1.165, 1.54) is 18.4 Å². The van der Waals surface area contributed by atoms with Crippen molar-refractivity contribution in [1.82, 2.24) is 25.0 Å². The van der Waals surface area contributed by atoms with E-state index in [0.717, 1.165) is 43.6 Å². The second-order valence-corrected chi connectivity index (χ2v) is 7.54. The molecule has 1 aliphatic carbocycles. The van der Waals surface area contributed by atoms with Gasteiger partial charge in [-0.2, -0.15) is 5.10 Å². The Hall–Kier alpha value is -2.57. The van der Waals surface area contributed by atoms with Gasteiger partial charge in [0.1, 0.15) is 0 Å². The average Bonchev–Trinajstić information content (AvgIpc) is 3.21. The second-order valence-electron chi connectivity index (χ2n) is 7.54. The lowest BCUT2D eigenvalue weighted by Crippen LogP contribution is -2.39. The maximum absolute atomic E-state index is 5.78. The summed E-state index contributed by atoms with van der Waals surface area (Å²) in [5.74, 6) is 2.91. The van der Waals surface area contributed by atoms with Crippen molar-refractivity contribution in [2.24, 2.45) is 18.0 Å². The van der Waals surface area contributed by atoms with Gasteiger partial charge in [0.25, 0.3) is 0 Å². The normalized spacial score (nSPS) is 20.1. The molecule has 1 saturated carbocycles. The van der Waals surface area contributed by atoms with Gasteiger partial charge in [0, 0.05) is 58.1 Å². The highest BCUT2D eigenvalue weighted by Gasteiger charge is 2.27. The van der Waals surface area contributed by atoms with Gasteiger partial charge in [-0.1, -0.05) is 0 Å². The number of nitrogens with zero attached hydrogens (tertiary/aromatic N) is 5. The first-order valence-electron chi connectivity index (χ1n) is 9.73. The number of ether oxygens (including phenoxy) is 1. The lowest BCUT2D eigenvalue weighted by molar-refractivity contribution is 0.288. The first-order chi connectivity index (χ1) is 13.2. The number of nitrogens with one attached hydrogen (secondary N) is 1. The molecule has 0 aromatic carbocycles. The molecule has 0 radical (unpaired) electrons. The van der Waals surface area contributed by atoms with Crippen molar-refractivity contribution in [3.05, 3.63) is 41.9 Å². The van der Waals surface area contributed by atoms with Crippen LogP contribution in [0.15, 0.2) is 35.7 Å². The minimum atomic E-state index is 0.514.